The highest BCUT2D eigenvalue weighted by atomic mass is 79.9. The normalized spacial score (nSPS) is 26.2. The summed E-state index contributed by atoms with van der Waals surface area (Å²) in [4.78, 5) is 0. The van der Waals surface area contributed by atoms with E-state index in [1.807, 2.05) is 0 Å². The summed E-state index contributed by atoms with van der Waals surface area (Å²) in [5, 5.41) is 0. The molecule has 1 aliphatic rings. The van der Waals surface area contributed by atoms with E-state index in [0.29, 0.717) is 11.5 Å². The van der Waals surface area contributed by atoms with Gasteiger partial charge in [-0.15, -0.1) is 0 Å². The molecule has 1 aromatic rings. The molecule has 0 amide bonds. The second-order valence-corrected chi connectivity index (χ2v) is 4.48. The summed E-state index contributed by atoms with van der Waals surface area (Å²) in [6.07, 6.45) is 0.870. The van der Waals surface area contributed by atoms with Gasteiger partial charge in [0.2, 0.25) is 0 Å². The minimum atomic E-state index is -0.171. The zero-order valence-corrected chi connectivity index (χ0v) is 8.94. The molecule has 2 N–H and O–H groups in total. The van der Waals surface area contributed by atoms with Gasteiger partial charge in [0.25, 0.3) is 0 Å². The van der Waals surface area contributed by atoms with Crippen molar-refractivity contribution in [2.45, 2.75) is 19.4 Å². The van der Waals surface area contributed by atoms with Crippen molar-refractivity contribution in [1.82, 2.24) is 0 Å². The fraction of sp³-hybridized carbons (Fsp3) is 0.400. The van der Waals surface area contributed by atoms with Crippen molar-refractivity contribution < 1.29 is 4.39 Å². The quantitative estimate of drug-likeness (QED) is 0.746. The number of halogens is 2. The maximum absolute atomic E-state index is 13.4. The van der Waals surface area contributed by atoms with Crippen LogP contribution in [0.25, 0.3) is 0 Å². The Bertz CT molecular complexity index is 351. The van der Waals surface area contributed by atoms with Crippen LogP contribution in [0.5, 0.6) is 0 Å². The van der Waals surface area contributed by atoms with Crippen molar-refractivity contribution in [3.05, 3.63) is 33.5 Å². The van der Waals surface area contributed by atoms with Crippen LogP contribution in [0.4, 0.5) is 4.39 Å². The van der Waals surface area contributed by atoms with E-state index >= 15 is 0 Å². The van der Waals surface area contributed by atoms with E-state index in [2.05, 4.69) is 22.9 Å². The fourth-order valence-corrected chi connectivity index (χ4v) is 2.42. The molecule has 0 saturated heterocycles. The molecule has 2 atom stereocenters. The summed E-state index contributed by atoms with van der Waals surface area (Å²) < 4.78 is 14.4. The maximum atomic E-state index is 13.4. The number of benzene rings is 1. The van der Waals surface area contributed by atoms with Crippen molar-refractivity contribution in [2.24, 2.45) is 11.7 Å². The first-order chi connectivity index (χ1) is 6.11. The first-order valence-electron chi connectivity index (χ1n) is 4.33. The summed E-state index contributed by atoms with van der Waals surface area (Å²) in [7, 11) is 0. The molecule has 3 heteroatoms. The summed E-state index contributed by atoms with van der Waals surface area (Å²) in [5.41, 5.74) is 7.64. The van der Waals surface area contributed by atoms with Crippen molar-refractivity contribution in [3.63, 3.8) is 0 Å². The number of rotatable bonds is 0. The standard InChI is InChI=1S/C10H11BrFN/c1-5-4-6-7(11)2-3-8(12)9(6)10(5)13/h2-3,5,10H,4,13H2,1H3. The predicted octanol–water partition coefficient (Wildman–Crippen LogP) is 2.78. The second-order valence-electron chi connectivity index (χ2n) is 3.63. The number of nitrogens with two attached hydrogens (primary N) is 1. The van der Waals surface area contributed by atoms with Gasteiger partial charge >= 0.3 is 0 Å². The molecule has 0 aliphatic heterocycles. The molecule has 0 aromatic heterocycles. The van der Waals surface area contributed by atoms with E-state index < -0.39 is 0 Å². The zero-order chi connectivity index (χ0) is 9.59. The topological polar surface area (TPSA) is 26.0 Å². The van der Waals surface area contributed by atoms with Gasteiger partial charge in [-0.25, -0.2) is 4.39 Å². The Labute approximate surface area is 85.3 Å². The van der Waals surface area contributed by atoms with Crippen molar-refractivity contribution in [2.75, 3.05) is 0 Å². The number of hydrogen-bond donors (Lipinski definition) is 1. The van der Waals surface area contributed by atoms with Gasteiger partial charge in [-0.05, 0) is 30.0 Å². The van der Waals surface area contributed by atoms with Crippen molar-refractivity contribution >= 4 is 15.9 Å². The summed E-state index contributed by atoms with van der Waals surface area (Å²) in [6.45, 7) is 2.05. The third-order valence-corrected chi connectivity index (χ3v) is 3.46. The van der Waals surface area contributed by atoms with Crippen LogP contribution in [0, 0.1) is 11.7 Å². The lowest BCUT2D eigenvalue weighted by Crippen LogP contribution is -2.14. The van der Waals surface area contributed by atoms with Gasteiger partial charge in [0.05, 0.1) is 0 Å². The van der Waals surface area contributed by atoms with Crippen molar-refractivity contribution in [3.8, 4) is 0 Å². The zero-order valence-electron chi connectivity index (χ0n) is 7.35. The average Bonchev–Trinajstić information content (AvgIpc) is 2.38. The van der Waals surface area contributed by atoms with Crippen LogP contribution in [0.3, 0.4) is 0 Å². The number of hydrogen-bond acceptors (Lipinski definition) is 1. The van der Waals surface area contributed by atoms with Crippen LogP contribution < -0.4 is 5.73 Å². The van der Waals surface area contributed by atoms with Gasteiger partial charge in [0.15, 0.2) is 0 Å². The highest BCUT2D eigenvalue weighted by Gasteiger charge is 2.30. The van der Waals surface area contributed by atoms with Crippen LogP contribution in [0.1, 0.15) is 24.1 Å². The molecule has 2 rings (SSSR count). The first kappa shape index (κ1) is 9.16. The average molecular weight is 244 g/mol. The SMILES string of the molecule is CC1Cc2c(Br)ccc(F)c2C1N. The minimum Gasteiger partial charge on any atom is -0.324 e. The molecule has 0 heterocycles. The Hall–Kier alpha value is -0.410. The van der Waals surface area contributed by atoms with Crippen LogP contribution in [0.15, 0.2) is 16.6 Å². The van der Waals surface area contributed by atoms with Gasteiger partial charge in [-0.2, -0.15) is 0 Å². The van der Waals surface area contributed by atoms with E-state index in [0.717, 1.165) is 16.5 Å². The molecular weight excluding hydrogens is 233 g/mol. The van der Waals surface area contributed by atoms with E-state index in [1.54, 1.807) is 6.07 Å². The lowest BCUT2D eigenvalue weighted by atomic mass is 10.0. The van der Waals surface area contributed by atoms with Gasteiger partial charge in [-0.1, -0.05) is 22.9 Å². The van der Waals surface area contributed by atoms with Crippen LogP contribution >= 0.6 is 15.9 Å². The second kappa shape index (κ2) is 3.07. The molecule has 1 aromatic carbocycles. The lowest BCUT2D eigenvalue weighted by Gasteiger charge is -2.10. The molecule has 2 unspecified atom stereocenters. The van der Waals surface area contributed by atoms with Crippen LogP contribution in [-0.4, -0.2) is 0 Å². The minimum absolute atomic E-state index is 0.146. The summed E-state index contributed by atoms with van der Waals surface area (Å²) >= 11 is 3.41. The number of fused-ring (bicyclic) bond motifs is 1. The molecule has 0 radical (unpaired) electrons. The molecule has 1 aliphatic carbocycles. The van der Waals surface area contributed by atoms with E-state index in [1.165, 1.54) is 6.07 Å². The van der Waals surface area contributed by atoms with Crippen LogP contribution in [0.2, 0.25) is 0 Å². The highest BCUT2D eigenvalue weighted by Crippen LogP contribution is 2.39. The molecule has 0 saturated carbocycles. The Morgan fingerprint density at radius 3 is 2.85 bits per heavy atom. The predicted molar refractivity (Wildman–Crippen MR) is 53.9 cm³/mol. The molecular formula is C10H11BrFN. The Balaban J connectivity index is 2.61. The molecule has 13 heavy (non-hydrogen) atoms. The third kappa shape index (κ3) is 1.30. The maximum Gasteiger partial charge on any atom is 0.128 e. The molecule has 0 bridgehead atoms. The molecule has 70 valence electrons. The fourth-order valence-electron chi connectivity index (χ4n) is 1.91. The third-order valence-electron chi connectivity index (χ3n) is 2.72. The summed E-state index contributed by atoms with van der Waals surface area (Å²) in [6, 6.07) is 3.08. The van der Waals surface area contributed by atoms with Crippen LogP contribution in [-0.2, 0) is 6.42 Å². The Morgan fingerprint density at radius 2 is 2.23 bits per heavy atom. The van der Waals surface area contributed by atoms with E-state index in [4.69, 9.17) is 5.73 Å². The molecule has 1 nitrogen and oxygen atoms in total. The van der Waals surface area contributed by atoms with Gasteiger partial charge in [-0.3, -0.25) is 0 Å². The van der Waals surface area contributed by atoms with Gasteiger partial charge in [0.1, 0.15) is 5.82 Å². The van der Waals surface area contributed by atoms with E-state index in [-0.39, 0.29) is 11.9 Å². The largest absolute Gasteiger partial charge is 0.324 e. The lowest BCUT2D eigenvalue weighted by molar-refractivity contribution is 0.495. The highest BCUT2D eigenvalue weighted by molar-refractivity contribution is 9.10. The van der Waals surface area contributed by atoms with Gasteiger partial charge < -0.3 is 5.73 Å². The van der Waals surface area contributed by atoms with E-state index in [9.17, 15) is 4.39 Å². The monoisotopic (exact) mass is 243 g/mol. The smallest absolute Gasteiger partial charge is 0.128 e. The van der Waals surface area contributed by atoms with Crippen molar-refractivity contribution in [1.29, 1.82) is 0 Å². The first-order valence-corrected chi connectivity index (χ1v) is 5.13. The Kier molecular flexibility index (Phi) is 2.16. The van der Waals surface area contributed by atoms with Gasteiger partial charge in [0, 0.05) is 16.1 Å². The summed E-state index contributed by atoms with van der Waals surface area (Å²) in [5.74, 6) is 0.165. The molecule has 0 spiro atoms. The Morgan fingerprint density at radius 1 is 1.54 bits per heavy atom. The molecule has 0 fully saturated rings.